The number of nitrogens with zero attached hydrogens (tertiary/aromatic N) is 3. The summed E-state index contributed by atoms with van der Waals surface area (Å²) in [6, 6.07) is 8.39. The molecule has 1 amide bonds. The van der Waals surface area contributed by atoms with Crippen molar-refractivity contribution in [3.63, 3.8) is 0 Å². The maximum atomic E-state index is 12.5. The Bertz CT molecular complexity index is 1010. The van der Waals surface area contributed by atoms with E-state index in [1.54, 1.807) is 6.20 Å². The van der Waals surface area contributed by atoms with Crippen molar-refractivity contribution in [3.8, 4) is 11.3 Å². The van der Waals surface area contributed by atoms with E-state index in [0.717, 1.165) is 34.6 Å². The number of aromatic amines is 1. The average Bonchev–Trinajstić information content (AvgIpc) is 3.38. The molecule has 0 aliphatic rings. The third-order valence-electron chi connectivity index (χ3n) is 4.35. The van der Waals surface area contributed by atoms with Crippen LogP contribution in [0.25, 0.3) is 16.2 Å². The van der Waals surface area contributed by atoms with Crippen LogP contribution >= 0.6 is 11.3 Å². The van der Waals surface area contributed by atoms with E-state index in [2.05, 4.69) is 51.7 Å². The van der Waals surface area contributed by atoms with E-state index in [9.17, 15) is 4.79 Å². The number of carbonyl (C=O) groups is 1. The standard InChI is InChI=1S/C19H19N5OS/c1-2-13-3-5-15(6-4-13)16-11-24-17(12-26-19(24)23-16)18(25)20-8-7-14-9-21-22-10-14/h3-6,9-12H,2,7-8H2,1H3,(H,20,25)(H,21,22). The molecule has 0 radical (unpaired) electrons. The predicted octanol–water partition coefficient (Wildman–Crippen LogP) is 3.32. The Balaban J connectivity index is 1.50. The minimum atomic E-state index is -0.0926. The van der Waals surface area contributed by atoms with Gasteiger partial charge in [-0.05, 0) is 24.0 Å². The number of nitrogens with one attached hydrogen (secondary N) is 2. The number of hydrogen-bond acceptors (Lipinski definition) is 4. The topological polar surface area (TPSA) is 75.1 Å². The van der Waals surface area contributed by atoms with Crippen LogP contribution in [0, 0.1) is 0 Å². The predicted molar refractivity (Wildman–Crippen MR) is 103 cm³/mol. The molecule has 26 heavy (non-hydrogen) atoms. The van der Waals surface area contributed by atoms with Crippen molar-refractivity contribution in [2.45, 2.75) is 19.8 Å². The first-order valence-corrected chi connectivity index (χ1v) is 9.44. The van der Waals surface area contributed by atoms with Gasteiger partial charge in [0.1, 0.15) is 5.69 Å². The van der Waals surface area contributed by atoms with Crippen molar-refractivity contribution in [2.24, 2.45) is 0 Å². The number of thiazole rings is 1. The fourth-order valence-electron chi connectivity index (χ4n) is 2.82. The van der Waals surface area contributed by atoms with E-state index in [4.69, 9.17) is 0 Å². The molecule has 0 atom stereocenters. The van der Waals surface area contributed by atoms with Crippen LogP contribution in [0.15, 0.2) is 48.2 Å². The fourth-order valence-corrected chi connectivity index (χ4v) is 3.68. The Hall–Kier alpha value is -2.93. The quantitative estimate of drug-likeness (QED) is 0.550. The van der Waals surface area contributed by atoms with Crippen LogP contribution in [0.2, 0.25) is 0 Å². The molecule has 4 aromatic rings. The summed E-state index contributed by atoms with van der Waals surface area (Å²) in [4.78, 5) is 18.0. The lowest BCUT2D eigenvalue weighted by atomic mass is 10.1. The van der Waals surface area contributed by atoms with E-state index in [-0.39, 0.29) is 5.91 Å². The monoisotopic (exact) mass is 365 g/mol. The molecule has 0 saturated heterocycles. The van der Waals surface area contributed by atoms with Crippen LogP contribution in [-0.2, 0) is 12.8 Å². The van der Waals surface area contributed by atoms with E-state index in [1.165, 1.54) is 16.9 Å². The van der Waals surface area contributed by atoms with Crippen LogP contribution in [0.5, 0.6) is 0 Å². The maximum Gasteiger partial charge on any atom is 0.269 e. The molecule has 132 valence electrons. The van der Waals surface area contributed by atoms with Crippen molar-refractivity contribution in [3.05, 3.63) is 65.1 Å². The van der Waals surface area contributed by atoms with Crippen molar-refractivity contribution >= 4 is 22.2 Å². The summed E-state index contributed by atoms with van der Waals surface area (Å²) >= 11 is 1.47. The van der Waals surface area contributed by atoms with Crippen molar-refractivity contribution in [1.29, 1.82) is 0 Å². The Morgan fingerprint density at radius 2 is 2.12 bits per heavy atom. The minimum Gasteiger partial charge on any atom is -0.350 e. The zero-order valence-corrected chi connectivity index (χ0v) is 15.2. The molecule has 3 heterocycles. The minimum absolute atomic E-state index is 0.0926. The molecular formula is C19H19N5OS. The van der Waals surface area contributed by atoms with Gasteiger partial charge in [0.25, 0.3) is 5.91 Å². The first-order valence-electron chi connectivity index (χ1n) is 8.56. The third-order valence-corrected chi connectivity index (χ3v) is 5.19. The maximum absolute atomic E-state index is 12.5. The number of amides is 1. The van der Waals surface area contributed by atoms with Gasteiger partial charge in [0, 0.05) is 29.9 Å². The molecule has 0 bridgehead atoms. The lowest BCUT2D eigenvalue weighted by Gasteiger charge is -2.03. The van der Waals surface area contributed by atoms with Crippen molar-refractivity contribution < 1.29 is 4.79 Å². The highest BCUT2D eigenvalue weighted by Crippen LogP contribution is 2.24. The normalized spacial score (nSPS) is 11.1. The van der Waals surface area contributed by atoms with E-state index >= 15 is 0 Å². The Labute approximate surface area is 154 Å². The largest absolute Gasteiger partial charge is 0.350 e. The smallest absolute Gasteiger partial charge is 0.269 e. The van der Waals surface area contributed by atoms with Crippen molar-refractivity contribution in [1.82, 2.24) is 24.9 Å². The third kappa shape index (κ3) is 3.25. The molecule has 2 N–H and O–H groups in total. The fraction of sp³-hybridized carbons (Fsp3) is 0.211. The van der Waals surface area contributed by atoms with Gasteiger partial charge in [-0.2, -0.15) is 5.10 Å². The number of hydrogen-bond donors (Lipinski definition) is 2. The van der Waals surface area contributed by atoms with Gasteiger partial charge in [-0.3, -0.25) is 14.3 Å². The highest BCUT2D eigenvalue weighted by molar-refractivity contribution is 7.15. The molecule has 0 unspecified atom stereocenters. The molecule has 0 spiro atoms. The first kappa shape index (κ1) is 16.5. The molecule has 3 aromatic heterocycles. The number of aromatic nitrogens is 4. The van der Waals surface area contributed by atoms with Crippen LogP contribution in [0.1, 0.15) is 28.5 Å². The molecule has 0 aliphatic heterocycles. The number of H-pyrrole nitrogens is 1. The number of imidazole rings is 1. The summed E-state index contributed by atoms with van der Waals surface area (Å²) in [5.74, 6) is -0.0926. The van der Waals surface area contributed by atoms with E-state index < -0.39 is 0 Å². The number of fused-ring (bicyclic) bond motifs is 1. The summed E-state index contributed by atoms with van der Waals surface area (Å²) in [6.45, 7) is 2.70. The summed E-state index contributed by atoms with van der Waals surface area (Å²) in [6.07, 6.45) is 7.29. The van der Waals surface area contributed by atoms with Crippen LogP contribution in [0.4, 0.5) is 0 Å². The van der Waals surface area contributed by atoms with Gasteiger partial charge in [0.05, 0.1) is 11.9 Å². The molecule has 4 rings (SSSR count). The number of aryl methyl sites for hydroxylation is 1. The lowest BCUT2D eigenvalue weighted by molar-refractivity contribution is 0.0948. The summed E-state index contributed by atoms with van der Waals surface area (Å²) < 4.78 is 1.86. The van der Waals surface area contributed by atoms with Gasteiger partial charge < -0.3 is 5.32 Å². The van der Waals surface area contributed by atoms with E-state index in [1.807, 2.05) is 22.2 Å². The van der Waals surface area contributed by atoms with Crippen LogP contribution < -0.4 is 5.32 Å². The van der Waals surface area contributed by atoms with Crippen molar-refractivity contribution in [2.75, 3.05) is 6.54 Å². The molecule has 7 heteroatoms. The van der Waals surface area contributed by atoms with Crippen LogP contribution in [-0.4, -0.2) is 32.0 Å². The number of carbonyl (C=O) groups excluding carboxylic acids is 1. The summed E-state index contributed by atoms with van der Waals surface area (Å²) in [5, 5.41) is 11.5. The molecule has 0 fully saturated rings. The number of rotatable bonds is 6. The second-order valence-electron chi connectivity index (χ2n) is 6.06. The average molecular weight is 365 g/mol. The van der Waals surface area contributed by atoms with Gasteiger partial charge in [-0.15, -0.1) is 11.3 Å². The Kier molecular flexibility index (Phi) is 4.53. The highest BCUT2D eigenvalue weighted by atomic mass is 32.1. The second-order valence-corrected chi connectivity index (χ2v) is 6.90. The number of benzene rings is 1. The van der Waals surface area contributed by atoms with Gasteiger partial charge >= 0.3 is 0 Å². The Morgan fingerprint density at radius 1 is 1.27 bits per heavy atom. The Morgan fingerprint density at radius 3 is 2.85 bits per heavy atom. The van der Waals surface area contributed by atoms with E-state index in [0.29, 0.717) is 12.2 Å². The summed E-state index contributed by atoms with van der Waals surface area (Å²) in [7, 11) is 0. The van der Waals surface area contributed by atoms with Gasteiger partial charge in [0.15, 0.2) is 4.96 Å². The molecular weight excluding hydrogens is 346 g/mol. The first-order chi connectivity index (χ1) is 12.7. The van der Waals surface area contributed by atoms with Crippen LogP contribution in [0.3, 0.4) is 0 Å². The second kappa shape index (κ2) is 7.13. The molecule has 6 nitrogen and oxygen atoms in total. The molecule has 1 aromatic carbocycles. The van der Waals surface area contributed by atoms with Gasteiger partial charge in [-0.25, -0.2) is 4.98 Å². The summed E-state index contributed by atoms with van der Waals surface area (Å²) in [5.41, 5.74) is 4.92. The zero-order valence-electron chi connectivity index (χ0n) is 14.4. The highest BCUT2D eigenvalue weighted by Gasteiger charge is 2.15. The van der Waals surface area contributed by atoms with Gasteiger partial charge in [-0.1, -0.05) is 31.2 Å². The molecule has 0 aliphatic carbocycles. The van der Waals surface area contributed by atoms with Gasteiger partial charge in [0.2, 0.25) is 0 Å². The lowest BCUT2D eigenvalue weighted by Crippen LogP contribution is -2.26. The SMILES string of the molecule is CCc1ccc(-c2cn3c(C(=O)NCCc4cn[nH]c4)csc3n2)cc1. The molecule has 0 saturated carbocycles. The zero-order chi connectivity index (χ0) is 17.9.